The molecule has 7 nitrogen and oxygen atoms in total. The standard InChI is InChI=1S/C22H24N2O5/c1-3-11-29-17-8-4-6-15(13-17)20(25)18-19(16-7-5-9-23-14-16)24(10-12-28-2)22(27)21(18)26/h4-9,13-14,19,25H,3,10-12H2,1-2H3/b20-18+. The van der Waals surface area contributed by atoms with Crippen LogP contribution in [0, 0.1) is 0 Å². The maximum absolute atomic E-state index is 12.8. The smallest absolute Gasteiger partial charge is 0.295 e. The number of methoxy groups -OCH3 is 1. The third-order valence-corrected chi connectivity index (χ3v) is 4.66. The van der Waals surface area contributed by atoms with Crippen LogP contribution in [0.15, 0.2) is 54.4 Å². The Morgan fingerprint density at radius 2 is 2.03 bits per heavy atom. The molecular formula is C22H24N2O5. The second-order valence-corrected chi connectivity index (χ2v) is 6.65. The van der Waals surface area contributed by atoms with Gasteiger partial charge in [0.2, 0.25) is 0 Å². The molecule has 29 heavy (non-hydrogen) atoms. The first-order valence-electron chi connectivity index (χ1n) is 9.49. The van der Waals surface area contributed by atoms with Crippen molar-refractivity contribution in [2.45, 2.75) is 19.4 Å². The summed E-state index contributed by atoms with van der Waals surface area (Å²) in [5.41, 5.74) is 1.09. The van der Waals surface area contributed by atoms with Crippen molar-refractivity contribution in [2.24, 2.45) is 0 Å². The van der Waals surface area contributed by atoms with Crippen LogP contribution in [0.5, 0.6) is 5.75 Å². The van der Waals surface area contributed by atoms with Crippen molar-refractivity contribution in [1.29, 1.82) is 0 Å². The number of nitrogens with zero attached hydrogens (tertiary/aromatic N) is 2. The van der Waals surface area contributed by atoms with E-state index < -0.39 is 17.7 Å². The largest absolute Gasteiger partial charge is 0.507 e. The highest BCUT2D eigenvalue weighted by Gasteiger charge is 2.45. The number of likely N-dealkylation sites (tertiary alicyclic amines) is 1. The molecule has 0 saturated carbocycles. The summed E-state index contributed by atoms with van der Waals surface area (Å²) >= 11 is 0. The van der Waals surface area contributed by atoms with E-state index in [1.165, 1.54) is 12.0 Å². The zero-order valence-electron chi connectivity index (χ0n) is 16.5. The molecule has 1 aromatic carbocycles. The Bertz CT molecular complexity index is 910. The highest BCUT2D eigenvalue weighted by Crippen LogP contribution is 2.39. The lowest BCUT2D eigenvalue weighted by Crippen LogP contribution is -2.32. The van der Waals surface area contributed by atoms with E-state index in [0.717, 1.165) is 6.42 Å². The number of benzene rings is 1. The molecule has 152 valence electrons. The van der Waals surface area contributed by atoms with E-state index in [1.807, 2.05) is 6.92 Å². The summed E-state index contributed by atoms with van der Waals surface area (Å²) in [4.78, 5) is 31.0. The molecule has 1 aromatic heterocycles. The van der Waals surface area contributed by atoms with Crippen LogP contribution in [0.1, 0.15) is 30.5 Å². The van der Waals surface area contributed by atoms with Crippen LogP contribution in [0.25, 0.3) is 5.76 Å². The molecule has 1 amide bonds. The predicted molar refractivity (Wildman–Crippen MR) is 107 cm³/mol. The SMILES string of the molecule is CCCOc1cccc(/C(O)=C2\C(=O)C(=O)N(CCOC)C2c2cccnc2)c1. The third-order valence-electron chi connectivity index (χ3n) is 4.66. The van der Waals surface area contributed by atoms with E-state index in [0.29, 0.717) is 23.5 Å². The fourth-order valence-corrected chi connectivity index (χ4v) is 3.29. The van der Waals surface area contributed by atoms with E-state index in [9.17, 15) is 14.7 Å². The molecule has 1 aliphatic rings. The van der Waals surface area contributed by atoms with Crippen LogP contribution in [-0.4, -0.2) is 53.5 Å². The molecule has 0 radical (unpaired) electrons. The number of amides is 1. The molecule has 1 N–H and O–H groups in total. The minimum Gasteiger partial charge on any atom is -0.507 e. The van der Waals surface area contributed by atoms with E-state index in [-0.39, 0.29) is 24.5 Å². The van der Waals surface area contributed by atoms with Gasteiger partial charge in [0.25, 0.3) is 11.7 Å². The van der Waals surface area contributed by atoms with Crippen LogP contribution >= 0.6 is 0 Å². The lowest BCUT2D eigenvalue weighted by atomic mass is 9.96. The monoisotopic (exact) mass is 396 g/mol. The van der Waals surface area contributed by atoms with E-state index in [2.05, 4.69) is 4.98 Å². The van der Waals surface area contributed by atoms with Gasteiger partial charge in [-0.3, -0.25) is 14.6 Å². The van der Waals surface area contributed by atoms with Gasteiger partial charge in [0, 0.05) is 31.6 Å². The summed E-state index contributed by atoms with van der Waals surface area (Å²) in [6.07, 6.45) is 4.05. The Labute approximate surface area is 169 Å². The van der Waals surface area contributed by atoms with Gasteiger partial charge in [-0.1, -0.05) is 25.1 Å². The van der Waals surface area contributed by atoms with E-state index >= 15 is 0 Å². The summed E-state index contributed by atoms with van der Waals surface area (Å²) in [6.45, 7) is 3.03. The molecule has 2 aromatic rings. The summed E-state index contributed by atoms with van der Waals surface area (Å²) in [6, 6.07) is 9.62. The minimum atomic E-state index is -0.737. The first kappa shape index (κ1) is 20.5. The predicted octanol–water partition coefficient (Wildman–Crippen LogP) is 2.94. The van der Waals surface area contributed by atoms with Gasteiger partial charge in [0.15, 0.2) is 0 Å². The Morgan fingerprint density at radius 1 is 1.21 bits per heavy atom. The van der Waals surface area contributed by atoms with E-state index in [4.69, 9.17) is 9.47 Å². The minimum absolute atomic E-state index is 0.0340. The Balaban J connectivity index is 2.08. The average Bonchev–Trinajstić information content (AvgIpc) is 3.01. The zero-order valence-corrected chi connectivity index (χ0v) is 16.5. The molecule has 3 rings (SSSR count). The van der Waals surface area contributed by atoms with Crippen LogP contribution < -0.4 is 4.74 Å². The van der Waals surface area contributed by atoms with Gasteiger partial charge in [0.05, 0.1) is 24.8 Å². The van der Waals surface area contributed by atoms with E-state index in [1.54, 1.807) is 48.8 Å². The zero-order chi connectivity index (χ0) is 20.8. The van der Waals surface area contributed by atoms with Crippen LogP contribution in [-0.2, 0) is 14.3 Å². The highest BCUT2D eigenvalue weighted by molar-refractivity contribution is 6.46. The number of aliphatic hydroxyl groups excluding tert-OH is 1. The van der Waals surface area contributed by atoms with Gasteiger partial charge in [-0.05, 0) is 30.2 Å². The maximum Gasteiger partial charge on any atom is 0.295 e. The molecule has 0 spiro atoms. The van der Waals surface area contributed by atoms with Gasteiger partial charge in [0.1, 0.15) is 11.5 Å². The summed E-state index contributed by atoms with van der Waals surface area (Å²) < 4.78 is 10.7. The van der Waals surface area contributed by atoms with Crippen molar-refractivity contribution < 1.29 is 24.2 Å². The number of ketones is 1. The summed E-state index contributed by atoms with van der Waals surface area (Å²) in [5, 5.41) is 11.0. The number of aromatic nitrogens is 1. The quantitative estimate of drug-likeness (QED) is 0.419. The molecule has 1 saturated heterocycles. The fraction of sp³-hybridized carbons (Fsp3) is 0.318. The summed E-state index contributed by atoms with van der Waals surface area (Å²) in [5.74, 6) is -1.05. The van der Waals surface area contributed by atoms with Crippen molar-refractivity contribution in [2.75, 3.05) is 26.9 Å². The number of pyridine rings is 1. The lowest BCUT2D eigenvalue weighted by Gasteiger charge is -2.24. The van der Waals surface area contributed by atoms with Crippen molar-refractivity contribution in [1.82, 2.24) is 9.88 Å². The van der Waals surface area contributed by atoms with Crippen LogP contribution in [0.4, 0.5) is 0 Å². The van der Waals surface area contributed by atoms with Gasteiger partial charge >= 0.3 is 0 Å². The number of ether oxygens (including phenoxy) is 2. The summed E-state index contributed by atoms with van der Waals surface area (Å²) in [7, 11) is 1.53. The second kappa shape index (κ2) is 9.34. The van der Waals surface area contributed by atoms with Gasteiger partial charge < -0.3 is 19.5 Å². The lowest BCUT2D eigenvalue weighted by molar-refractivity contribution is -0.140. The van der Waals surface area contributed by atoms with Gasteiger partial charge in [-0.25, -0.2) is 0 Å². The van der Waals surface area contributed by atoms with Crippen LogP contribution in [0.3, 0.4) is 0 Å². The number of carbonyl (C=O) groups excluding carboxylic acids is 2. The molecule has 1 unspecified atom stereocenters. The number of carbonyl (C=O) groups is 2. The number of hydrogen-bond donors (Lipinski definition) is 1. The van der Waals surface area contributed by atoms with Crippen molar-refractivity contribution in [3.8, 4) is 5.75 Å². The van der Waals surface area contributed by atoms with Gasteiger partial charge in [-0.15, -0.1) is 0 Å². The molecule has 7 heteroatoms. The average molecular weight is 396 g/mol. The molecular weight excluding hydrogens is 372 g/mol. The molecule has 1 fully saturated rings. The van der Waals surface area contributed by atoms with Crippen molar-refractivity contribution in [3.63, 3.8) is 0 Å². The molecule has 0 bridgehead atoms. The Kier molecular flexibility index (Phi) is 6.61. The first-order valence-corrected chi connectivity index (χ1v) is 9.49. The maximum atomic E-state index is 12.8. The second-order valence-electron chi connectivity index (χ2n) is 6.65. The first-order chi connectivity index (χ1) is 14.1. The van der Waals surface area contributed by atoms with Gasteiger partial charge in [-0.2, -0.15) is 0 Å². The number of hydrogen-bond acceptors (Lipinski definition) is 6. The topological polar surface area (TPSA) is 89.0 Å². The van der Waals surface area contributed by atoms with Crippen LogP contribution in [0.2, 0.25) is 0 Å². The normalized spacial score (nSPS) is 18.3. The molecule has 0 aliphatic carbocycles. The van der Waals surface area contributed by atoms with Crippen molar-refractivity contribution in [3.05, 3.63) is 65.5 Å². The third kappa shape index (κ3) is 4.30. The number of aliphatic hydroxyl groups is 1. The molecule has 2 heterocycles. The Hall–Kier alpha value is -3.19. The van der Waals surface area contributed by atoms with Crippen molar-refractivity contribution >= 4 is 17.4 Å². The Morgan fingerprint density at radius 3 is 2.72 bits per heavy atom. The number of Topliss-reactive ketones (excluding diaryl/α,β-unsaturated/α-hetero) is 1. The molecule has 1 atom stereocenters. The fourth-order valence-electron chi connectivity index (χ4n) is 3.29. The molecule has 1 aliphatic heterocycles. The highest BCUT2D eigenvalue weighted by atomic mass is 16.5. The number of rotatable bonds is 8.